The molecule has 1 aliphatic heterocycles. The summed E-state index contributed by atoms with van der Waals surface area (Å²) >= 11 is 0. The summed E-state index contributed by atoms with van der Waals surface area (Å²) in [7, 11) is -0.845. The molecule has 0 bridgehead atoms. The maximum absolute atomic E-state index is 12.8. The molecule has 0 unspecified atom stereocenters. The first-order chi connectivity index (χ1) is 13.9. The zero-order chi connectivity index (χ0) is 20.9. The van der Waals surface area contributed by atoms with Crippen LogP contribution in [0.2, 0.25) is 0 Å². The van der Waals surface area contributed by atoms with Crippen molar-refractivity contribution in [1.82, 2.24) is 14.6 Å². The summed E-state index contributed by atoms with van der Waals surface area (Å²) in [5, 5.41) is 0. The summed E-state index contributed by atoms with van der Waals surface area (Å²) in [6.07, 6.45) is 4.66. The summed E-state index contributed by atoms with van der Waals surface area (Å²) in [6.45, 7) is 1.49. The molecule has 1 N–H and O–H groups in total. The molecule has 0 atom stereocenters. The molecule has 2 aromatic rings. The van der Waals surface area contributed by atoms with Gasteiger partial charge in [-0.2, -0.15) is 0 Å². The molecule has 1 aromatic carbocycles. The number of aromatic nitrogens is 1. The molecule has 156 valence electrons. The standard InChI is InChI=1S/C20H25N3O5S/c1-27-17-3-4-18(28-2)19(13-17)29(25,26)22-14-15-7-11-23(12-8-15)20(24)16-5-9-21-10-6-16/h3-6,9-10,13,15,22H,7-8,11-12,14H2,1-2H3. The smallest absolute Gasteiger partial charge is 0.253 e. The predicted octanol–water partition coefficient (Wildman–Crippen LogP) is 1.93. The van der Waals surface area contributed by atoms with Crippen LogP contribution in [0.25, 0.3) is 0 Å². The topological polar surface area (TPSA) is 97.8 Å². The summed E-state index contributed by atoms with van der Waals surface area (Å²) in [6, 6.07) is 8.05. The Kier molecular flexibility index (Phi) is 6.71. The first-order valence-corrected chi connectivity index (χ1v) is 10.8. The second-order valence-electron chi connectivity index (χ2n) is 6.84. The van der Waals surface area contributed by atoms with Crippen molar-refractivity contribution < 1.29 is 22.7 Å². The molecule has 8 nitrogen and oxygen atoms in total. The van der Waals surface area contributed by atoms with Crippen LogP contribution in [0, 0.1) is 5.92 Å². The number of hydrogen-bond acceptors (Lipinski definition) is 6. The number of ether oxygens (including phenoxy) is 2. The summed E-state index contributed by atoms with van der Waals surface area (Å²) in [5.41, 5.74) is 0.615. The lowest BCUT2D eigenvalue weighted by Gasteiger charge is -2.32. The Morgan fingerprint density at radius 2 is 1.83 bits per heavy atom. The van der Waals surface area contributed by atoms with E-state index in [9.17, 15) is 13.2 Å². The quantitative estimate of drug-likeness (QED) is 0.736. The Hall–Kier alpha value is -2.65. The third kappa shape index (κ3) is 5.04. The van der Waals surface area contributed by atoms with E-state index in [2.05, 4.69) is 9.71 Å². The number of benzene rings is 1. The maximum Gasteiger partial charge on any atom is 0.253 e. The van der Waals surface area contributed by atoms with E-state index < -0.39 is 10.0 Å². The molecule has 1 saturated heterocycles. The molecule has 0 spiro atoms. The molecule has 1 aliphatic rings. The average molecular weight is 420 g/mol. The van der Waals surface area contributed by atoms with Gasteiger partial charge in [-0.15, -0.1) is 0 Å². The third-order valence-electron chi connectivity index (χ3n) is 5.05. The van der Waals surface area contributed by atoms with Gasteiger partial charge in [0.1, 0.15) is 16.4 Å². The van der Waals surface area contributed by atoms with Crippen molar-refractivity contribution in [3.63, 3.8) is 0 Å². The van der Waals surface area contributed by atoms with Gasteiger partial charge in [0.2, 0.25) is 10.0 Å². The summed E-state index contributed by atoms with van der Waals surface area (Å²) in [5.74, 6) is 0.834. The van der Waals surface area contributed by atoms with Gasteiger partial charge in [0.05, 0.1) is 14.2 Å². The van der Waals surface area contributed by atoms with Crippen LogP contribution in [0.5, 0.6) is 11.5 Å². The van der Waals surface area contributed by atoms with Gasteiger partial charge < -0.3 is 14.4 Å². The summed E-state index contributed by atoms with van der Waals surface area (Å²) in [4.78, 5) is 18.3. The molecule has 3 rings (SSSR count). The highest BCUT2D eigenvalue weighted by Gasteiger charge is 2.26. The number of nitrogens with zero attached hydrogens (tertiary/aromatic N) is 2. The van der Waals surface area contributed by atoms with Gasteiger partial charge in [-0.25, -0.2) is 13.1 Å². The Morgan fingerprint density at radius 3 is 2.45 bits per heavy atom. The fourth-order valence-electron chi connectivity index (χ4n) is 3.32. The molecule has 0 saturated carbocycles. The number of pyridine rings is 1. The monoisotopic (exact) mass is 419 g/mol. The van der Waals surface area contributed by atoms with Gasteiger partial charge in [-0.05, 0) is 43.0 Å². The Labute approximate surface area is 170 Å². The lowest BCUT2D eigenvalue weighted by Crippen LogP contribution is -2.41. The van der Waals surface area contributed by atoms with E-state index in [0.29, 0.717) is 30.9 Å². The van der Waals surface area contributed by atoms with Crippen molar-refractivity contribution in [2.75, 3.05) is 33.9 Å². The number of piperidine rings is 1. The number of sulfonamides is 1. The van der Waals surface area contributed by atoms with Crippen molar-refractivity contribution in [2.45, 2.75) is 17.7 Å². The molecule has 2 heterocycles. The highest BCUT2D eigenvalue weighted by Crippen LogP contribution is 2.28. The van der Waals surface area contributed by atoms with Crippen LogP contribution < -0.4 is 14.2 Å². The largest absolute Gasteiger partial charge is 0.497 e. The van der Waals surface area contributed by atoms with Crippen LogP contribution >= 0.6 is 0 Å². The Bertz CT molecular complexity index is 942. The van der Waals surface area contributed by atoms with Gasteiger partial charge >= 0.3 is 0 Å². The first kappa shape index (κ1) is 21.1. The number of hydrogen-bond donors (Lipinski definition) is 1. The maximum atomic E-state index is 12.8. The molecular formula is C20H25N3O5S. The molecular weight excluding hydrogens is 394 g/mol. The molecule has 9 heteroatoms. The van der Waals surface area contributed by atoms with E-state index >= 15 is 0 Å². The van der Waals surface area contributed by atoms with Crippen molar-refractivity contribution in [3.05, 3.63) is 48.3 Å². The van der Waals surface area contributed by atoms with Gasteiger partial charge in [0, 0.05) is 43.7 Å². The molecule has 1 fully saturated rings. The molecule has 0 aliphatic carbocycles. The van der Waals surface area contributed by atoms with Crippen molar-refractivity contribution in [1.29, 1.82) is 0 Å². The minimum absolute atomic E-state index is 0.0208. The molecule has 0 radical (unpaired) electrons. The van der Waals surface area contributed by atoms with Crippen LogP contribution in [0.15, 0.2) is 47.6 Å². The van der Waals surface area contributed by atoms with Crippen LogP contribution in [-0.4, -0.2) is 58.1 Å². The number of rotatable bonds is 7. The fourth-order valence-corrected chi connectivity index (χ4v) is 4.61. The fraction of sp³-hybridized carbons (Fsp3) is 0.400. The number of amides is 1. The van der Waals surface area contributed by atoms with Crippen LogP contribution in [0.1, 0.15) is 23.2 Å². The summed E-state index contributed by atoms with van der Waals surface area (Å²) < 4.78 is 38.5. The van der Waals surface area contributed by atoms with Gasteiger partial charge in [0.15, 0.2) is 0 Å². The molecule has 1 amide bonds. The van der Waals surface area contributed by atoms with E-state index in [1.165, 1.54) is 20.3 Å². The van der Waals surface area contributed by atoms with Crippen LogP contribution in [0.4, 0.5) is 0 Å². The number of carbonyl (C=O) groups is 1. The normalized spacial score (nSPS) is 15.2. The third-order valence-corrected chi connectivity index (χ3v) is 6.50. The minimum atomic E-state index is -3.75. The van der Waals surface area contributed by atoms with Crippen molar-refractivity contribution in [2.24, 2.45) is 5.92 Å². The number of methoxy groups -OCH3 is 2. The van der Waals surface area contributed by atoms with Gasteiger partial charge in [-0.3, -0.25) is 9.78 Å². The molecule has 1 aromatic heterocycles. The highest BCUT2D eigenvalue weighted by molar-refractivity contribution is 7.89. The second kappa shape index (κ2) is 9.23. The highest BCUT2D eigenvalue weighted by atomic mass is 32.2. The van der Waals surface area contributed by atoms with E-state index in [0.717, 1.165) is 12.8 Å². The minimum Gasteiger partial charge on any atom is -0.497 e. The van der Waals surface area contributed by atoms with E-state index in [-0.39, 0.29) is 22.5 Å². The first-order valence-electron chi connectivity index (χ1n) is 9.35. The van der Waals surface area contributed by atoms with Crippen LogP contribution in [0.3, 0.4) is 0 Å². The van der Waals surface area contributed by atoms with Crippen LogP contribution in [-0.2, 0) is 10.0 Å². The number of likely N-dealkylation sites (tertiary alicyclic amines) is 1. The SMILES string of the molecule is COc1ccc(OC)c(S(=O)(=O)NCC2CCN(C(=O)c3ccncc3)CC2)c1. The zero-order valence-corrected chi connectivity index (χ0v) is 17.3. The second-order valence-corrected chi connectivity index (χ2v) is 8.58. The predicted molar refractivity (Wildman–Crippen MR) is 108 cm³/mol. The van der Waals surface area contributed by atoms with E-state index in [1.807, 2.05) is 0 Å². The number of nitrogens with one attached hydrogen (secondary N) is 1. The van der Waals surface area contributed by atoms with Gasteiger partial charge in [0.25, 0.3) is 5.91 Å². The van der Waals surface area contributed by atoms with E-state index in [1.54, 1.807) is 41.6 Å². The Balaban J connectivity index is 1.58. The van der Waals surface area contributed by atoms with Crippen molar-refractivity contribution >= 4 is 15.9 Å². The number of carbonyl (C=O) groups excluding carboxylic acids is 1. The zero-order valence-electron chi connectivity index (χ0n) is 16.5. The lowest BCUT2D eigenvalue weighted by atomic mass is 9.97. The Morgan fingerprint density at radius 1 is 1.14 bits per heavy atom. The average Bonchev–Trinajstić information content (AvgIpc) is 2.77. The van der Waals surface area contributed by atoms with Crippen molar-refractivity contribution in [3.8, 4) is 11.5 Å². The van der Waals surface area contributed by atoms with Gasteiger partial charge in [-0.1, -0.05) is 0 Å². The van der Waals surface area contributed by atoms with E-state index in [4.69, 9.17) is 9.47 Å². The molecule has 29 heavy (non-hydrogen) atoms. The lowest BCUT2D eigenvalue weighted by molar-refractivity contribution is 0.0692.